The third-order valence-electron chi connectivity index (χ3n) is 4.93. The van der Waals surface area contributed by atoms with E-state index in [0.717, 1.165) is 12.1 Å². The number of esters is 1. The predicted molar refractivity (Wildman–Crippen MR) is 89.4 cm³/mol. The van der Waals surface area contributed by atoms with Crippen molar-refractivity contribution in [1.82, 2.24) is 0 Å². The van der Waals surface area contributed by atoms with Crippen molar-refractivity contribution in [2.75, 3.05) is 6.79 Å². The van der Waals surface area contributed by atoms with E-state index in [0.29, 0.717) is 0 Å². The Morgan fingerprint density at radius 1 is 1.06 bits per heavy atom. The molecule has 31 heavy (non-hydrogen) atoms. The summed E-state index contributed by atoms with van der Waals surface area (Å²) in [6.45, 7) is -0.595. The number of halogens is 6. The average Bonchev–Trinajstić information content (AvgIpc) is 3.60. The molecule has 0 saturated heterocycles. The van der Waals surface area contributed by atoms with Gasteiger partial charge < -0.3 is 9.47 Å². The van der Waals surface area contributed by atoms with Gasteiger partial charge in [0.2, 0.25) is 6.79 Å². The van der Waals surface area contributed by atoms with Crippen LogP contribution in [0.5, 0.6) is 0 Å². The Morgan fingerprint density at radius 3 is 2.29 bits per heavy atom. The SMILES string of the molecule is O=C(OCOC1=CCC(C2(C(F)(F)F)N=N2)C=C1)c1cccc(C2(C(F)(F)F)N=N2)c1. The maximum absolute atomic E-state index is 13.1. The lowest BCUT2D eigenvalue weighted by Crippen LogP contribution is -2.39. The third-order valence-corrected chi connectivity index (χ3v) is 4.93. The summed E-state index contributed by atoms with van der Waals surface area (Å²) < 4.78 is 88.3. The van der Waals surface area contributed by atoms with E-state index in [-0.39, 0.29) is 23.3 Å². The number of hydrogen-bond acceptors (Lipinski definition) is 7. The molecule has 3 aliphatic rings. The number of rotatable bonds is 6. The summed E-state index contributed by atoms with van der Waals surface area (Å²) in [5.41, 5.74) is -5.58. The molecule has 2 aliphatic heterocycles. The molecule has 1 aromatic rings. The third kappa shape index (κ3) is 3.68. The molecule has 4 rings (SSSR count). The van der Waals surface area contributed by atoms with Crippen molar-refractivity contribution in [3.8, 4) is 0 Å². The Hall–Kier alpha value is -3.25. The molecule has 1 unspecified atom stereocenters. The van der Waals surface area contributed by atoms with Gasteiger partial charge in [0.15, 0.2) is 0 Å². The van der Waals surface area contributed by atoms with E-state index in [2.05, 4.69) is 20.5 Å². The minimum Gasteiger partial charge on any atom is -0.458 e. The summed E-state index contributed by atoms with van der Waals surface area (Å²) >= 11 is 0. The fourth-order valence-corrected chi connectivity index (χ4v) is 3.07. The zero-order chi connectivity index (χ0) is 22.5. The molecule has 0 aromatic heterocycles. The van der Waals surface area contributed by atoms with Crippen molar-refractivity contribution in [3.05, 3.63) is 59.4 Å². The molecule has 1 atom stereocenters. The molecule has 0 radical (unpaired) electrons. The minimum absolute atomic E-state index is 0.0408. The van der Waals surface area contributed by atoms with Gasteiger partial charge in [-0.25, -0.2) is 4.79 Å². The topological polar surface area (TPSA) is 85.0 Å². The molecule has 0 bridgehead atoms. The second-order valence-electron chi connectivity index (χ2n) is 6.88. The van der Waals surface area contributed by atoms with Crippen molar-refractivity contribution >= 4 is 5.97 Å². The van der Waals surface area contributed by atoms with Gasteiger partial charge in [0.25, 0.3) is 5.66 Å². The highest BCUT2D eigenvalue weighted by molar-refractivity contribution is 5.89. The highest BCUT2D eigenvalue weighted by Gasteiger charge is 2.67. The Morgan fingerprint density at radius 2 is 1.77 bits per heavy atom. The van der Waals surface area contributed by atoms with Crippen LogP contribution in [0.25, 0.3) is 0 Å². The summed E-state index contributed by atoms with van der Waals surface area (Å²) in [4.78, 5) is 12.1. The zero-order valence-electron chi connectivity index (χ0n) is 15.3. The number of ether oxygens (including phenoxy) is 2. The fraction of sp³-hybridized carbons (Fsp3) is 0.389. The Kier molecular flexibility index (Phi) is 4.67. The fourth-order valence-electron chi connectivity index (χ4n) is 3.07. The van der Waals surface area contributed by atoms with Crippen molar-refractivity contribution in [3.63, 3.8) is 0 Å². The van der Waals surface area contributed by atoms with Gasteiger partial charge in [-0.1, -0.05) is 18.2 Å². The molecular formula is C18H12F6N4O3. The molecule has 13 heteroatoms. The van der Waals surface area contributed by atoms with Crippen LogP contribution in [0.2, 0.25) is 0 Å². The van der Waals surface area contributed by atoms with Crippen LogP contribution in [0.15, 0.2) is 68.7 Å². The Balaban J connectivity index is 1.30. The van der Waals surface area contributed by atoms with Crippen molar-refractivity contribution < 1.29 is 40.6 Å². The first kappa shape index (κ1) is 21.0. The Bertz CT molecular complexity index is 1020. The predicted octanol–water partition coefficient (Wildman–Crippen LogP) is 5.18. The van der Waals surface area contributed by atoms with Crippen LogP contribution in [-0.4, -0.2) is 30.8 Å². The lowest BCUT2D eigenvalue weighted by atomic mass is 9.89. The first-order chi connectivity index (χ1) is 14.5. The van der Waals surface area contributed by atoms with Gasteiger partial charge in [0, 0.05) is 11.5 Å². The number of carbonyl (C=O) groups is 1. The molecule has 0 spiro atoms. The molecular weight excluding hydrogens is 434 g/mol. The van der Waals surface area contributed by atoms with Crippen LogP contribution in [0.4, 0.5) is 26.3 Å². The maximum Gasteiger partial charge on any atom is 0.442 e. The normalized spacial score (nSPS) is 22.6. The van der Waals surface area contributed by atoms with Gasteiger partial charge in [0.1, 0.15) is 5.76 Å². The minimum atomic E-state index is -4.73. The number of allylic oxidation sites excluding steroid dienone is 2. The summed E-state index contributed by atoms with van der Waals surface area (Å²) in [5.74, 6) is -1.78. The van der Waals surface area contributed by atoms with Crippen LogP contribution in [0, 0.1) is 5.92 Å². The van der Waals surface area contributed by atoms with Crippen molar-refractivity contribution in [2.24, 2.45) is 26.4 Å². The molecule has 0 N–H and O–H groups in total. The highest BCUT2D eigenvalue weighted by atomic mass is 19.4. The summed E-state index contributed by atoms with van der Waals surface area (Å²) in [7, 11) is 0. The zero-order valence-corrected chi connectivity index (χ0v) is 15.3. The second-order valence-corrected chi connectivity index (χ2v) is 6.88. The van der Waals surface area contributed by atoms with Crippen LogP contribution >= 0.6 is 0 Å². The molecule has 1 aromatic carbocycles. The first-order valence-electron chi connectivity index (χ1n) is 8.79. The van der Waals surface area contributed by atoms with Crippen LogP contribution in [0.1, 0.15) is 22.3 Å². The van der Waals surface area contributed by atoms with Crippen molar-refractivity contribution in [2.45, 2.75) is 30.1 Å². The Labute approximate surface area is 170 Å². The van der Waals surface area contributed by atoms with Crippen LogP contribution in [-0.2, 0) is 15.1 Å². The van der Waals surface area contributed by atoms with Crippen LogP contribution in [0.3, 0.4) is 0 Å². The summed E-state index contributed by atoms with van der Waals surface area (Å²) in [6.07, 6.45) is -5.46. The highest BCUT2D eigenvalue weighted by Crippen LogP contribution is 2.53. The smallest absolute Gasteiger partial charge is 0.442 e. The van der Waals surface area contributed by atoms with E-state index in [1.165, 1.54) is 30.4 Å². The largest absolute Gasteiger partial charge is 0.458 e. The lowest BCUT2D eigenvalue weighted by molar-refractivity contribution is -0.172. The van der Waals surface area contributed by atoms with E-state index in [9.17, 15) is 31.1 Å². The van der Waals surface area contributed by atoms with E-state index in [4.69, 9.17) is 9.47 Å². The molecule has 0 amide bonds. The van der Waals surface area contributed by atoms with E-state index >= 15 is 0 Å². The van der Waals surface area contributed by atoms with Gasteiger partial charge >= 0.3 is 24.0 Å². The number of benzene rings is 1. The van der Waals surface area contributed by atoms with Gasteiger partial charge in [-0.15, -0.1) is 20.5 Å². The van der Waals surface area contributed by atoms with E-state index in [1.807, 2.05) is 0 Å². The van der Waals surface area contributed by atoms with Crippen LogP contribution < -0.4 is 0 Å². The van der Waals surface area contributed by atoms with Gasteiger partial charge in [0.05, 0.1) is 5.56 Å². The number of nitrogens with zero attached hydrogens (tertiary/aromatic N) is 4. The van der Waals surface area contributed by atoms with Gasteiger partial charge in [-0.3, -0.25) is 0 Å². The first-order valence-corrected chi connectivity index (χ1v) is 8.79. The molecule has 0 fully saturated rings. The standard InChI is InChI=1S/C18H12F6N4O3/c19-17(20,21)15(25-26-15)11-4-6-13(7-5-11)30-9-31-14(29)10-2-1-3-12(8-10)16(27-28-16)18(22,23)24/h1-4,6-8,11H,5,9H2. The summed E-state index contributed by atoms with van der Waals surface area (Å²) in [6, 6.07) is 4.60. The average molecular weight is 446 g/mol. The summed E-state index contributed by atoms with van der Waals surface area (Å²) in [5, 5.41) is 12.4. The quantitative estimate of drug-likeness (QED) is 0.343. The number of alkyl halides is 6. The monoisotopic (exact) mass is 446 g/mol. The second kappa shape index (κ2) is 6.89. The molecule has 0 saturated carbocycles. The molecule has 7 nitrogen and oxygen atoms in total. The number of hydrogen-bond donors (Lipinski definition) is 0. The lowest BCUT2D eigenvalue weighted by Gasteiger charge is -2.23. The van der Waals surface area contributed by atoms with Gasteiger partial charge in [-0.2, -0.15) is 26.3 Å². The van der Waals surface area contributed by atoms with E-state index < -0.39 is 42.4 Å². The molecule has 1 aliphatic carbocycles. The molecule has 164 valence electrons. The van der Waals surface area contributed by atoms with Gasteiger partial charge in [-0.05, 0) is 30.7 Å². The maximum atomic E-state index is 13.1. The number of carbonyl (C=O) groups excluding carboxylic acids is 1. The van der Waals surface area contributed by atoms with Crippen molar-refractivity contribution in [1.29, 1.82) is 0 Å². The molecule has 2 heterocycles. The van der Waals surface area contributed by atoms with E-state index in [1.54, 1.807) is 0 Å².